The lowest BCUT2D eigenvalue weighted by atomic mass is 9.71. The van der Waals surface area contributed by atoms with Crippen LogP contribution in [0.5, 0.6) is 0 Å². The first-order valence-corrected chi connectivity index (χ1v) is 8.02. The van der Waals surface area contributed by atoms with Gasteiger partial charge in [-0.1, -0.05) is 33.6 Å². The van der Waals surface area contributed by atoms with Crippen molar-refractivity contribution < 1.29 is 4.79 Å². The van der Waals surface area contributed by atoms with Gasteiger partial charge in [-0.15, -0.1) is 0 Å². The Morgan fingerprint density at radius 1 is 1.21 bits per heavy atom. The molecule has 1 amide bonds. The van der Waals surface area contributed by atoms with Gasteiger partial charge in [0.15, 0.2) is 0 Å². The molecule has 1 saturated carbocycles. The van der Waals surface area contributed by atoms with Crippen LogP contribution in [0.2, 0.25) is 0 Å². The smallest absolute Gasteiger partial charge is 0.226 e. The summed E-state index contributed by atoms with van der Waals surface area (Å²) in [6.45, 7) is 8.73. The van der Waals surface area contributed by atoms with Crippen LogP contribution in [0.25, 0.3) is 0 Å². The van der Waals surface area contributed by atoms with Crippen molar-refractivity contribution in [3.05, 3.63) is 0 Å². The number of carbonyl (C=O) groups excluding carboxylic acids is 1. The van der Waals surface area contributed by atoms with Crippen LogP contribution in [0, 0.1) is 10.8 Å². The van der Waals surface area contributed by atoms with Crippen LogP contribution in [0.4, 0.5) is 0 Å². The van der Waals surface area contributed by atoms with Gasteiger partial charge in [-0.3, -0.25) is 4.79 Å². The molecule has 1 aliphatic carbocycles. The summed E-state index contributed by atoms with van der Waals surface area (Å²) in [6, 6.07) is 0.368. The standard InChI is InChI=1S/C16H30N2O/c1-4-16(9-11-17-12-10-16)14(19)18-13-7-5-6-8-15(13,2)3/h13,17H,4-12H2,1-3H3,(H,18,19). The summed E-state index contributed by atoms with van der Waals surface area (Å²) >= 11 is 0. The number of hydrogen-bond acceptors (Lipinski definition) is 2. The average Bonchev–Trinajstić information content (AvgIpc) is 2.41. The molecule has 3 heteroatoms. The molecule has 0 spiro atoms. The van der Waals surface area contributed by atoms with Crippen molar-refractivity contribution in [3.8, 4) is 0 Å². The predicted molar refractivity (Wildman–Crippen MR) is 79.0 cm³/mol. The molecule has 1 atom stereocenters. The van der Waals surface area contributed by atoms with Crippen molar-refractivity contribution in [2.75, 3.05) is 13.1 Å². The minimum absolute atomic E-state index is 0.112. The number of carbonyl (C=O) groups is 1. The summed E-state index contributed by atoms with van der Waals surface area (Å²) in [4.78, 5) is 12.8. The number of amides is 1. The molecule has 1 unspecified atom stereocenters. The Kier molecular flexibility index (Phi) is 4.54. The van der Waals surface area contributed by atoms with E-state index in [0.29, 0.717) is 11.9 Å². The van der Waals surface area contributed by atoms with E-state index in [4.69, 9.17) is 0 Å². The second kappa shape index (κ2) is 5.82. The summed E-state index contributed by atoms with van der Waals surface area (Å²) in [7, 11) is 0. The van der Waals surface area contributed by atoms with E-state index in [2.05, 4.69) is 31.4 Å². The van der Waals surface area contributed by atoms with Gasteiger partial charge in [-0.25, -0.2) is 0 Å². The lowest BCUT2D eigenvalue weighted by Crippen LogP contribution is -2.54. The maximum Gasteiger partial charge on any atom is 0.226 e. The Balaban J connectivity index is 2.02. The molecule has 3 nitrogen and oxygen atoms in total. The van der Waals surface area contributed by atoms with Gasteiger partial charge in [-0.2, -0.15) is 0 Å². The summed E-state index contributed by atoms with van der Waals surface area (Å²) < 4.78 is 0. The Morgan fingerprint density at radius 2 is 1.89 bits per heavy atom. The first-order chi connectivity index (χ1) is 9.00. The topological polar surface area (TPSA) is 41.1 Å². The molecule has 1 heterocycles. The van der Waals surface area contributed by atoms with Crippen molar-refractivity contribution in [2.24, 2.45) is 10.8 Å². The molecule has 2 aliphatic rings. The summed E-state index contributed by atoms with van der Waals surface area (Å²) in [6.07, 6.45) is 7.89. The minimum atomic E-state index is -0.112. The molecule has 0 aromatic heterocycles. The van der Waals surface area contributed by atoms with Crippen LogP contribution in [-0.4, -0.2) is 25.0 Å². The highest BCUT2D eigenvalue weighted by molar-refractivity contribution is 5.83. The van der Waals surface area contributed by atoms with Crippen LogP contribution in [0.1, 0.15) is 65.7 Å². The van der Waals surface area contributed by atoms with E-state index in [-0.39, 0.29) is 10.8 Å². The zero-order chi connectivity index (χ0) is 13.9. The van der Waals surface area contributed by atoms with Gasteiger partial charge in [0, 0.05) is 6.04 Å². The number of piperidine rings is 1. The monoisotopic (exact) mass is 266 g/mol. The second-order valence-electron chi connectivity index (χ2n) is 7.14. The lowest BCUT2D eigenvalue weighted by Gasteiger charge is -2.42. The molecule has 0 aromatic rings. The molecule has 2 rings (SSSR count). The van der Waals surface area contributed by atoms with Crippen LogP contribution >= 0.6 is 0 Å². The predicted octanol–water partition coefficient (Wildman–Crippen LogP) is 2.85. The maximum absolute atomic E-state index is 12.8. The van der Waals surface area contributed by atoms with Gasteiger partial charge >= 0.3 is 0 Å². The van der Waals surface area contributed by atoms with Crippen molar-refractivity contribution in [2.45, 2.75) is 71.8 Å². The van der Waals surface area contributed by atoms with Crippen molar-refractivity contribution in [1.29, 1.82) is 0 Å². The van der Waals surface area contributed by atoms with Gasteiger partial charge in [0.05, 0.1) is 5.41 Å². The molecule has 0 radical (unpaired) electrons. The van der Waals surface area contributed by atoms with Crippen LogP contribution in [-0.2, 0) is 4.79 Å². The first kappa shape index (κ1) is 14.8. The Hall–Kier alpha value is -0.570. The Bertz CT molecular complexity index is 319. The molecule has 0 aromatic carbocycles. The lowest BCUT2D eigenvalue weighted by molar-refractivity contribution is -0.135. The molecule has 1 aliphatic heterocycles. The Labute approximate surface area is 117 Å². The SMILES string of the molecule is CCC1(C(=O)NC2CCCCC2(C)C)CCNCC1. The fourth-order valence-corrected chi connectivity index (χ4v) is 3.72. The van der Waals surface area contributed by atoms with E-state index < -0.39 is 0 Å². The fraction of sp³-hybridized carbons (Fsp3) is 0.938. The molecular weight excluding hydrogens is 236 g/mol. The van der Waals surface area contributed by atoms with Crippen LogP contribution in [0.15, 0.2) is 0 Å². The average molecular weight is 266 g/mol. The van der Waals surface area contributed by atoms with E-state index >= 15 is 0 Å². The molecule has 0 bridgehead atoms. The molecule has 1 saturated heterocycles. The number of hydrogen-bond donors (Lipinski definition) is 2. The maximum atomic E-state index is 12.8. The first-order valence-electron chi connectivity index (χ1n) is 8.02. The third-order valence-electron chi connectivity index (χ3n) is 5.53. The van der Waals surface area contributed by atoms with Gasteiger partial charge in [0.1, 0.15) is 0 Å². The zero-order valence-electron chi connectivity index (χ0n) is 12.8. The highest BCUT2D eigenvalue weighted by atomic mass is 16.2. The van der Waals surface area contributed by atoms with E-state index in [1.807, 2.05) is 0 Å². The summed E-state index contributed by atoms with van der Waals surface area (Å²) in [5.41, 5.74) is 0.147. The molecule has 110 valence electrons. The molecule has 2 fully saturated rings. The van der Waals surface area contributed by atoms with Gasteiger partial charge in [0.25, 0.3) is 0 Å². The molecule has 19 heavy (non-hydrogen) atoms. The summed E-state index contributed by atoms with van der Waals surface area (Å²) in [5, 5.41) is 6.77. The number of rotatable bonds is 3. The third kappa shape index (κ3) is 3.13. The molecular formula is C16H30N2O. The normalized spacial score (nSPS) is 29.7. The largest absolute Gasteiger partial charge is 0.352 e. The highest BCUT2D eigenvalue weighted by Gasteiger charge is 2.41. The fourth-order valence-electron chi connectivity index (χ4n) is 3.72. The van der Waals surface area contributed by atoms with Gasteiger partial charge in [-0.05, 0) is 50.6 Å². The van der Waals surface area contributed by atoms with Crippen molar-refractivity contribution in [1.82, 2.24) is 10.6 Å². The quantitative estimate of drug-likeness (QED) is 0.824. The molecule has 2 N–H and O–H groups in total. The minimum Gasteiger partial charge on any atom is -0.352 e. The van der Waals surface area contributed by atoms with E-state index in [1.165, 1.54) is 19.3 Å². The number of nitrogens with one attached hydrogen (secondary N) is 2. The van der Waals surface area contributed by atoms with E-state index in [9.17, 15) is 4.79 Å². The van der Waals surface area contributed by atoms with Gasteiger partial charge < -0.3 is 10.6 Å². The highest BCUT2D eigenvalue weighted by Crippen LogP contribution is 2.38. The second-order valence-corrected chi connectivity index (χ2v) is 7.14. The van der Waals surface area contributed by atoms with Crippen LogP contribution in [0.3, 0.4) is 0 Å². The van der Waals surface area contributed by atoms with Crippen molar-refractivity contribution in [3.63, 3.8) is 0 Å². The van der Waals surface area contributed by atoms with E-state index in [0.717, 1.165) is 38.8 Å². The zero-order valence-corrected chi connectivity index (χ0v) is 12.8. The van der Waals surface area contributed by atoms with Crippen molar-refractivity contribution >= 4 is 5.91 Å². The van der Waals surface area contributed by atoms with Gasteiger partial charge in [0.2, 0.25) is 5.91 Å². The summed E-state index contributed by atoms with van der Waals surface area (Å²) in [5.74, 6) is 0.316. The van der Waals surface area contributed by atoms with E-state index in [1.54, 1.807) is 0 Å². The Morgan fingerprint density at radius 3 is 2.47 bits per heavy atom. The third-order valence-corrected chi connectivity index (χ3v) is 5.53. The van der Waals surface area contributed by atoms with Crippen LogP contribution < -0.4 is 10.6 Å².